The molecular weight excluding hydrogens is 225 g/mol. The summed E-state index contributed by atoms with van der Waals surface area (Å²) in [7, 11) is 0. The first-order valence-corrected chi connectivity index (χ1v) is 5.69. The lowest BCUT2D eigenvalue weighted by atomic mass is 10.0. The predicted molar refractivity (Wildman–Crippen MR) is 65.9 cm³/mol. The second-order valence-corrected chi connectivity index (χ2v) is 3.90. The van der Waals surface area contributed by atoms with Gasteiger partial charge in [0.1, 0.15) is 5.82 Å². The number of terminal acetylenes is 1. The average molecular weight is 240 g/mol. The van der Waals surface area contributed by atoms with Crippen LogP contribution in [0.5, 0.6) is 0 Å². The van der Waals surface area contributed by atoms with Crippen LogP contribution in [-0.4, -0.2) is 6.54 Å². The first-order valence-electron chi connectivity index (χ1n) is 5.31. The molecule has 16 heavy (non-hydrogen) atoms. The SMILES string of the molecule is C#CCCC(NCC)c1cccc(Cl)c1F. The van der Waals surface area contributed by atoms with Gasteiger partial charge in [-0.2, -0.15) is 0 Å². The lowest BCUT2D eigenvalue weighted by Crippen LogP contribution is -2.21. The molecule has 0 bridgehead atoms. The maximum absolute atomic E-state index is 13.8. The fourth-order valence-corrected chi connectivity index (χ4v) is 1.81. The van der Waals surface area contributed by atoms with Crippen molar-refractivity contribution in [3.63, 3.8) is 0 Å². The van der Waals surface area contributed by atoms with Crippen molar-refractivity contribution < 1.29 is 4.39 Å². The summed E-state index contributed by atoms with van der Waals surface area (Å²) in [6, 6.07) is 4.97. The van der Waals surface area contributed by atoms with Crippen molar-refractivity contribution in [2.75, 3.05) is 6.54 Å². The molecule has 0 fully saturated rings. The molecule has 0 radical (unpaired) electrons. The standard InChI is InChI=1S/C13H15ClFN/c1-3-5-9-12(16-4-2)10-7-6-8-11(14)13(10)15/h1,6-8,12,16H,4-5,9H2,2H3. The van der Waals surface area contributed by atoms with Gasteiger partial charge in [-0.25, -0.2) is 4.39 Å². The molecule has 0 aliphatic rings. The number of halogens is 2. The third-order valence-corrected chi connectivity index (χ3v) is 2.68. The summed E-state index contributed by atoms with van der Waals surface area (Å²) in [6.07, 6.45) is 6.55. The Kier molecular flexibility index (Phi) is 5.31. The highest BCUT2D eigenvalue weighted by Gasteiger charge is 2.15. The van der Waals surface area contributed by atoms with E-state index in [4.69, 9.17) is 18.0 Å². The van der Waals surface area contributed by atoms with E-state index in [1.807, 2.05) is 6.92 Å². The average Bonchev–Trinajstić information content (AvgIpc) is 2.28. The molecular formula is C13H15ClFN. The molecule has 86 valence electrons. The molecule has 0 spiro atoms. The van der Waals surface area contributed by atoms with E-state index >= 15 is 0 Å². The smallest absolute Gasteiger partial charge is 0.146 e. The molecule has 0 saturated heterocycles. The molecule has 1 unspecified atom stereocenters. The Hall–Kier alpha value is -1.04. The van der Waals surface area contributed by atoms with Gasteiger partial charge in [-0.1, -0.05) is 30.7 Å². The van der Waals surface area contributed by atoms with Crippen LogP contribution in [0.15, 0.2) is 18.2 Å². The normalized spacial score (nSPS) is 12.1. The maximum atomic E-state index is 13.8. The highest BCUT2D eigenvalue weighted by atomic mass is 35.5. The molecule has 0 amide bonds. The van der Waals surface area contributed by atoms with Crippen LogP contribution in [0, 0.1) is 18.2 Å². The summed E-state index contributed by atoms with van der Waals surface area (Å²) in [4.78, 5) is 0. The van der Waals surface area contributed by atoms with Crippen LogP contribution in [-0.2, 0) is 0 Å². The van der Waals surface area contributed by atoms with E-state index in [-0.39, 0.29) is 16.9 Å². The topological polar surface area (TPSA) is 12.0 Å². The van der Waals surface area contributed by atoms with Gasteiger partial charge >= 0.3 is 0 Å². The third-order valence-electron chi connectivity index (χ3n) is 2.38. The predicted octanol–water partition coefficient (Wildman–Crippen LogP) is 3.54. The van der Waals surface area contributed by atoms with Gasteiger partial charge in [0.25, 0.3) is 0 Å². The van der Waals surface area contributed by atoms with Gasteiger partial charge in [-0.15, -0.1) is 12.3 Å². The summed E-state index contributed by atoms with van der Waals surface area (Å²) in [6.45, 7) is 2.74. The molecule has 1 nitrogen and oxygen atoms in total. The zero-order valence-corrected chi connectivity index (χ0v) is 10.0. The summed E-state index contributed by atoms with van der Waals surface area (Å²) in [5, 5.41) is 3.36. The van der Waals surface area contributed by atoms with E-state index in [0.29, 0.717) is 18.4 Å². The van der Waals surface area contributed by atoms with Crippen LogP contribution in [0.2, 0.25) is 5.02 Å². The van der Waals surface area contributed by atoms with E-state index in [1.54, 1.807) is 18.2 Å². The Morgan fingerprint density at radius 3 is 2.94 bits per heavy atom. The molecule has 0 aliphatic heterocycles. The monoisotopic (exact) mass is 239 g/mol. The molecule has 1 aromatic rings. The summed E-state index contributed by atoms with van der Waals surface area (Å²) in [5.74, 6) is 2.21. The largest absolute Gasteiger partial charge is 0.310 e. The maximum Gasteiger partial charge on any atom is 0.146 e. The van der Waals surface area contributed by atoms with E-state index in [9.17, 15) is 4.39 Å². The molecule has 1 rings (SSSR count). The molecule has 1 N–H and O–H groups in total. The van der Waals surface area contributed by atoms with E-state index in [2.05, 4.69) is 11.2 Å². The van der Waals surface area contributed by atoms with Crippen LogP contribution in [0.3, 0.4) is 0 Å². The van der Waals surface area contributed by atoms with Crippen LogP contribution < -0.4 is 5.32 Å². The van der Waals surface area contributed by atoms with Gasteiger partial charge in [-0.05, 0) is 19.0 Å². The molecule has 3 heteroatoms. The molecule has 1 atom stereocenters. The summed E-state index contributed by atoms with van der Waals surface area (Å²) < 4.78 is 13.8. The Morgan fingerprint density at radius 2 is 2.31 bits per heavy atom. The number of rotatable bonds is 5. The number of benzene rings is 1. The van der Waals surface area contributed by atoms with E-state index in [1.165, 1.54) is 0 Å². The van der Waals surface area contributed by atoms with Gasteiger partial charge in [0.05, 0.1) is 5.02 Å². The quantitative estimate of drug-likeness (QED) is 0.775. The lowest BCUT2D eigenvalue weighted by molar-refractivity contribution is 0.491. The molecule has 0 aliphatic carbocycles. The van der Waals surface area contributed by atoms with Crippen molar-refractivity contribution in [3.05, 3.63) is 34.6 Å². The fourth-order valence-electron chi connectivity index (χ4n) is 1.63. The zero-order chi connectivity index (χ0) is 12.0. The first-order chi connectivity index (χ1) is 7.70. The third kappa shape index (κ3) is 3.23. The van der Waals surface area contributed by atoms with Crippen molar-refractivity contribution in [2.24, 2.45) is 0 Å². The van der Waals surface area contributed by atoms with Crippen LogP contribution in [0.1, 0.15) is 31.4 Å². The first kappa shape index (κ1) is 13.0. The Bertz CT molecular complexity index is 384. The van der Waals surface area contributed by atoms with Crippen LogP contribution in [0.4, 0.5) is 4.39 Å². The number of nitrogens with one attached hydrogen (secondary N) is 1. The highest BCUT2D eigenvalue weighted by molar-refractivity contribution is 6.30. The Morgan fingerprint density at radius 1 is 1.56 bits per heavy atom. The van der Waals surface area contributed by atoms with Gasteiger partial charge in [0, 0.05) is 18.0 Å². The molecule has 0 aromatic heterocycles. The Balaban J connectivity index is 2.92. The summed E-state index contributed by atoms with van der Waals surface area (Å²) >= 11 is 5.75. The van der Waals surface area contributed by atoms with Crippen LogP contribution >= 0.6 is 11.6 Å². The minimum Gasteiger partial charge on any atom is -0.310 e. The lowest BCUT2D eigenvalue weighted by Gasteiger charge is -2.18. The van der Waals surface area contributed by atoms with Gasteiger partial charge < -0.3 is 5.32 Å². The fraction of sp³-hybridized carbons (Fsp3) is 0.385. The number of hydrogen-bond donors (Lipinski definition) is 1. The Labute approximate surface area is 101 Å². The highest BCUT2D eigenvalue weighted by Crippen LogP contribution is 2.25. The minimum atomic E-state index is -0.355. The molecule has 1 aromatic carbocycles. The zero-order valence-electron chi connectivity index (χ0n) is 9.26. The van der Waals surface area contributed by atoms with Crippen molar-refractivity contribution in [2.45, 2.75) is 25.8 Å². The van der Waals surface area contributed by atoms with Crippen molar-refractivity contribution in [1.82, 2.24) is 5.32 Å². The van der Waals surface area contributed by atoms with Gasteiger partial charge in [0.2, 0.25) is 0 Å². The summed E-state index contributed by atoms with van der Waals surface area (Å²) in [5.41, 5.74) is 0.588. The van der Waals surface area contributed by atoms with Crippen molar-refractivity contribution in [3.8, 4) is 12.3 Å². The van der Waals surface area contributed by atoms with Gasteiger partial charge in [0.15, 0.2) is 0 Å². The van der Waals surface area contributed by atoms with Gasteiger partial charge in [-0.3, -0.25) is 0 Å². The van der Waals surface area contributed by atoms with E-state index in [0.717, 1.165) is 6.54 Å². The van der Waals surface area contributed by atoms with Crippen LogP contribution in [0.25, 0.3) is 0 Å². The minimum absolute atomic E-state index is 0.0697. The molecule has 0 saturated carbocycles. The molecule has 0 heterocycles. The van der Waals surface area contributed by atoms with Crippen molar-refractivity contribution >= 4 is 11.6 Å². The second kappa shape index (κ2) is 6.52. The number of hydrogen-bond acceptors (Lipinski definition) is 1. The van der Waals surface area contributed by atoms with E-state index < -0.39 is 0 Å². The van der Waals surface area contributed by atoms with Crippen molar-refractivity contribution in [1.29, 1.82) is 0 Å². The second-order valence-electron chi connectivity index (χ2n) is 3.50.